The molecule has 0 aliphatic carbocycles. The van der Waals surface area contributed by atoms with Crippen molar-refractivity contribution in [3.05, 3.63) is 46.7 Å². The largest absolute Gasteiger partial charge is 0.478 e. The van der Waals surface area contributed by atoms with E-state index in [1.807, 2.05) is 0 Å². The van der Waals surface area contributed by atoms with Crippen LogP contribution in [0.2, 0.25) is 5.02 Å². The Kier molecular flexibility index (Phi) is 6.20. The topological polar surface area (TPSA) is 65.5 Å². The van der Waals surface area contributed by atoms with E-state index in [2.05, 4.69) is 36.0 Å². The Morgan fingerprint density at radius 2 is 2.08 bits per heavy atom. The molecule has 0 aliphatic heterocycles. The Hall–Kier alpha value is -2.34. The molecular weight excluding hydrogens is 345 g/mol. The van der Waals surface area contributed by atoms with E-state index in [-0.39, 0.29) is 11.6 Å². The van der Waals surface area contributed by atoms with E-state index in [0.29, 0.717) is 16.5 Å². The summed E-state index contributed by atoms with van der Waals surface area (Å²) >= 11 is 6.20. The lowest BCUT2D eigenvalue weighted by Crippen LogP contribution is -2.32. The highest BCUT2D eigenvalue weighted by molar-refractivity contribution is 6.31. The zero-order chi connectivity index (χ0) is 18.6. The number of nitrogens with zero attached hydrogens (tertiary/aromatic N) is 2. The number of hydrogen-bond donors (Lipinski definition) is 2. The van der Waals surface area contributed by atoms with Crippen LogP contribution < -0.4 is 10.2 Å². The minimum atomic E-state index is -1.31. The Bertz CT molecular complexity index is 768. The normalized spacial score (nSPS) is 10.8. The molecule has 2 N–H and O–H groups in total. The molecule has 134 valence electrons. The summed E-state index contributed by atoms with van der Waals surface area (Å²) in [7, 11) is 0. The van der Waals surface area contributed by atoms with Gasteiger partial charge in [-0.15, -0.1) is 0 Å². The van der Waals surface area contributed by atoms with Crippen molar-refractivity contribution in [3.63, 3.8) is 0 Å². The number of aromatic carboxylic acids is 1. The molecule has 0 aliphatic rings. The molecule has 0 saturated heterocycles. The number of aromatic nitrogens is 1. The quantitative estimate of drug-likeness (QED) is 0.727. The summed E-state index contributed by atoms with van der Waals surface area (Å²) in [6.45, 7) is 7.08. The number of carbonyl (C=O) groups is 1. The molecule has 2 rings (SSSR count). The zero-order valence-electron chi connectivity index (χ0n) is 14.4. The van der Waals surface area contributed by atoms with Crippen LogP contribution in [0.3, 0.4) is 0 Å². The number of rotatable bonds is 7. The van der Waals surface area contributed by atoms with E-state index in [1.54, 1.807) is 12.1 Å². The predicted octanol–water partition coefficient (Wildman–Crippen LogP) is 4.94. The molecule has 0 amide bonds. The molecule has 0 spiro atoms. The number of halogens is 2. The Morgan fingerprint density at radius 1 is 1.36 bits per heavy atom. The van der Waals surface area contributed by atoms with Gasteiger partial charge in [-0.25, -0.2) is 14.2 Å². The Balaban J connectivity index is 2.31. The molecule has 7 heteroatoms. The lowest BCUT2D eigenvalue weighted by Gasteiger charge is -2.28. The minimum absolute atomic E-state index is 0.256. The van der Waals surface area contributed by atoms with Crippen molar-refractivity contribution in [2.45, 2.75) is 33.2 Å². The molecule has 0 saturated carbocycles. The van der Waals surface area contributed by atoms with Crippen LogP contribution in [-0.4, -0.2) is 28.6 Å². The molecule has 1 heterocycles. The maximum atomic E-state index is 13.8. The Labute approximate surface area is 151 Å². The van der Waals surface area contributed by atoms with Crippen LogP contribution in [0, 0.1) is 5.82 Å². The number of pyridine rings is 1. The summed E-state index contributed by atoms with van der Waals surface area (Å²) in [4.78, 5) is 17.6. The fourth-order valence-electron chi connectivity index (χ4n) is 2.49. The molecule has 0 fully saturated rings. The average Bonchev–Trinajstić information content (AvgIpc) is 2.51. The third-order valence-corrected chi connectivity index (χ3v) is 3.85. The number of anilines is 3. The molecular formula is C18H21ClFN3O2. The van der Waals surface area contributed by atoms with E-state index in [4.69, 9.17) is 16.7 Å². The lowest BCUT2D eigenvalue weighted by atomic mass is 10.2. The van der Waals surface area contributed by atoms with Gasteiger partial charge in [0.05, 0.1) is 5.56 Å². The van der Waals surface area contributed by atoms with Crippen molar-refractivity contribution < 1.29 is 14.3 Å². The van der Waals surface area contributed by atoms with Crippen LogP contribution in [-0.2, 0) is 0 Å². The van der Waals surface area contributed by atoms with Gasteiger partial charge in [0.2, 0.25) is 0 Å². The van der Waals surface area contributed by atoms with Gasteiger partial charge in [-0.3, -0.25) is 0 Å². The third kappa shape index (κ3) is 4.82. The van der Waals surface area contributed by atoms with Gasteiger partial charge in [-0.1, -0.05) is 18.5 Å². The SMILES string of the molecule is CCCN(c1cc(Cl)cc(Nc2ccc(C(=O)O)c(F)c2)n1)C(C)C. The fraction of sp³-hybridized carbons (Fsp3) is 0.333. The average molecular weight is 366 g/mol. The zero-order valence-corrected chi connectivity index (χ0v) is 15.1. The summed E-state index contributed by atoms with van der Waals surface area (Å²) in [5.41, 5.74) is 0.0222. The van der Waals surface area contributed by atoms with Gasteiger partial charge in [-0.05, 0) is 50.6 Å². The molecule has 1 aromatic heterocycles. The summed E-state index contributed by atoms with van der Waals surface area (Å²) < 4.78 is 13.8. The van der Waals surface area contributed by atoms with Crippen molar-refractivity contribution in [1.82, 2.24) is 4.98 Å². The maximum absolute atomic E-state index is 13.8. The van der Waals surface area contributed by atoms with Crippen molar-refractivity contribution in [1.29, 1.82) is 0 Å². The summed E-state index contributed by atoms with van der Waals surface area (Å²) in [5.74, 6) is -0.921. The second-order valence-electron chi connectivity index (χ2n) is 5.94. The summed E-state index contributed by atoms with van der Waals surface area (Å²) in [5, 5.41) is 12.4. The van der Waals surface area contributed by atoms with Crippen molar-refractivity contribution in [2.75, 3.05) is 16.8 Å². The van der Waals surface area contributed by atoms with Crippen LogP contribution >= 0.6 is 11.6 Å². The first-order valence-electron chi connectivity index (χ1n) is 8.06. The molecule has 0 radical (unpaired) electrons. The first-order valence-corrected chi connectivity index (χ1v) is 8.43. The maximum Gasteiger partial charge on any atom is 0.338 e. The van der Waals surface area contributed by atoms with Gasteiger partial charge in [0.25, 0.3) is 0 Å². The second kappa shape index (κ2) is 8.16. The number of carboxylic acid groups (broad SMARTS) is 1. The van der Waals surface area contributed by atoms with Crippen LogP contribution in [0.4, 0.5) is 21.7 Å². The van der Waals surface area contributed by atoms with E-state index < -0.39 is 11.8 Å². The summed E-state index contributed by atoms with van der Waals surface area (Å²) in [6.07, 6.45) is 0.969. The predicted molar refractivity (Wildman–Crippen MR) is 98.7 cm³/mol. The smallest absolute Gasteiger partial charge is 0.338 e. The molecule has 5 nitrogen and oxygen atoms in total. The van der Waals surface area contributed by atoms with Gasteiger partial charge >= 0.3 is 5.97 Å². The molecule has 2 aromatic rings. The van der Waals surface area contributed by atoms with Crippen LogP contribution in [0.15, 0.2) is 30.3 Å². The molecule has 0 bridgehead atoms. The minimum Gasteiger partial charge on any atom is -0.478 e. The van der Waals surface area contributed by atoms with Gasteiger partial charge in [0, 0.05) is 23.3 Å². The van der Waals surface area contributed by atoms with Crippen molar-refractivity contribution in [3.8, 4) is 0 Å². The van der Waals surface area contributed by atoms with Gasteiger partial charge in [0.15, 0.2) is 0 Å². The van der Waals surface area contributed by atoms with E-state index >= 15 is 0 Å². The lowest BCUT2D eigenvalue weighted by molar-refractivity contribution is 0.0692. The molecule has 25 heavy (non-hydrogen) atoms. The van der Waals surface area contributed by atoms with Crippen molar-refractivity contribution >= 4 is 34.9 Å². The number of benzene rings is 1. The third-order valence-electron chi connectivity index (χ3n) is 3.63. The van der Waals surface area contributed by atoms with Gasteiger partial charge in [-0.2, -0.15) is 0 Å². The van der Waals surface area contributed by atoms with E-state index in [9.17, 15) is 9.18 Å². The highest BCUT2D eigenvalue weighted by Crippen LogP contribution is 2.26. The first-order chi connectivity index (χ1) is 11.8. The van der Waals surface area contributed by atoms with E-state index in [1.165, 1.54) is 12.1 Å². The molecule has 0 atom stereocenters. The second-order valence-corrected chi connectivity index (χ2v) is 6.38. The monoisotopic (exact) mass is 365 g/mol. The fourth-order valence-corrected chi connectivity index (χ4v) is 2.69. The highest BCUT2D eigenvalue weighted by atomic mass is 35.5. The molecule has 1 aromatic carbocycles. The number of nitrogens with one attached hydrogen (secondary N) is 1. The van der Waals surface area contributed by atoms with Gasteiger partial charge < -0.3 is 15.3 Å². The highest BCUT2D eigenvalue weighted by Gasteiger charge is 2.14. The summed E-state index contributed by atoms with van der Waals surface area (Å²) in [6, 6.07) is 7.50. The number of carboxylic acids is 1. The standard InChI is InChI=1S/C18H21ClFN3O2/c1-4-7-23(11(2)3)17-9-12(19)8-16(22-17)21-13-5-6-14(18(24)25)15(20)10-13/h5-6,8-11H,4,7H2,1-3H3,(H,21,22)(H,24,25). The van der Waals surface area contributed by atoms with Crippen LogP contribution in [0.5, 0.6) is 0 Å². The van der Waals surface area contributed by atoms with Crippen LogP contribution in [0.1, 0.15) is 37.6 Å². The van der Waals surface area contributed by atoms with E-state index in [0.717, 1.165) is 24.8 Å². The first kappa shape index (κ1) is 19.0. The van der Waals surface area contributed by atoms with Crippen LogP contribution in [0.25, 0.3) is 0 Å². The number of hydrogen-bond acceptors (Lipinski definition) is 4. The van der Waals surface area contributed by atoms with Gasteiger partial charge in [0.1, 0.15) is 17.5 Å². The van der Waals surface area contributed by atoms with Crippen molar-refractivity contribution in [2.24, 2.45) is 0 Å². The molecule has 0 unspecified atom stereocenters. The Morgan fingerprint density at radius 3 is 2.64 bits per heavy atom.